The third-order valence-electron chi connectivity index (χ3n) is 2.16. The fraction of sp³-hybridized carbons (Fsp3) is 0.231. The van der Waals surface area contributed by atoms with Gasteiger partial charge < -0.3 is 9.84 Å². The topological polar surface area (TPSA) is 105 Å². The number of aryl methyl sites for hydroxylation is 1. The predicted octanol–water partition coefficient (Wildman–Crippen LogP) is 1.42. The number of nitrogens with one attached hydrogen (secondary N) is 1. The molecule has 0 amide bonds. The lowest BCUT2D eigenvalue weighted by atomic mass is 10.3. The molecule has 1 rings (SSSR count). The second-order valence-corrected chi connectivity index (χ2v) is 3.85. The van der Waals surface area contributed by atoms with E-state index in [9.17, 15) is 9.59 Å². The van der Waals surface area contributed by atoms with Crippen molar-refractivity contribution in [2.24, 2.45) is 4.99 Å². The van der Waals surface area contributed by atoms with Crippen molar-refractivity contribution in [1.29, 1.82) is 0 Å². The molecule has 1 heterocycles. The number of hydrogen-bond donors (Lipinski definition) is 2. The molecule has 2 N–H and O–H groups in total. The Labute approximate surface area is 115 Å². The maximum absolute atomic E-state index is 11.6. The van der Waals surface area contributed by atoms with Crippen molar-refractivity contribution in [3.05, 3.63) is 45.7 Å². The van der Waals surface area contributed by atoms with E-state index in [1.54, 1.807) is 32.9 Å². The number of aliphatic carboxylic acids is 1. The molecule has 20 heavy (non-hydrogen) atoms. The van der Waals surface area contributed by atoms with Gasteiger partial charge in [0, 0.05) is 6.07 Å². The summed E-state index contributed by atoms with van der Waals surface area (Å²) in [5, 5.41) is 14.6. The first kappa shape index (κ1) is 15.4. The van der Waals surface area contributed by atoms with E-state index in [2.05, 4.69) is 15.2 Å². The number of carbonyl (C=O) groups is 1. The fourth-order valence-electron chi connectivity index (χ4n) is 1.27. The van der Waals surface area contributed by atoms with Gasteiger partial charge in [0.25, 0.3) is 0 Å². The van der Waals surface area contributed by atoms with Crippen LogP contribution in [0.15, 0.2) is 39.5 Å². The largest absolute Gasteiger partial charge is 0.477 e. The fourth-order valence-corrected chi connectivity index (χ4v) is 1.27. The maximum atomic E-state index is 11.6. The Morgan fingerprint density at radius 2 is 2.25 bits per heavy atom. The standard InChI is InChI=1S/C13H15N3O4/c1-4-5-10(9(3)14-7-12(17)18)20-11-6-8(2)15-16-13(11)19/h4-7H,1-3H3,(H,16,19)(H,17,18)/b5-4-,10-9+,14-7+. The summed E-state index contributed by atoms with van der Waals surface area (Å²) in [6.07, 6.45) is 4.03. The Morgan fingerprint density at radius 1 is 1.55 bits per heavy atom. The van der Waals surface area contributed by atoms with Gasteiger partial charge in [0.05, 0.1) is 11.4 Å². The summed E-state index contributed by atoms with van der Waals surface area (Å²) in [6.45, 7) is 5.05. The van der Waals surface area contributed by atoms with Crippen molar-refractivity contribution in [1.82, 2.24) is 10.2 Å². The van der Waals surface area contributed by atoms with Crippen molar-refractivity contribution >= 4 is 12.2 Å². The van der Waals surface area contributed by atoms with E-state index < -0.39 is 11.5 Å². The number of aliphatic imine (C=N–C) groups is 1. The van der Waals surface area contributed by atoms with Crippen LogP contribution in [0.25, 0.3) is 0 Å². The second-order valence-electron chi connectivity index (χ2n) is 3.85. The normalized spacial score (nSPS) is 12.8. The van der Waals surface area contributed by atoms with Gasteiger partial charge in [-0.05, 0) is 26.8 Å². The number of carboxylic acid groups (broad SMARTS) is 1. The number of hydrogen-bond acceptors (Lipinski definition) is 5. The van der Waals surface area contributed by atoms with Crippen LogP contribution in [0, 0.1) is 6.92 Å². The first-order valence-corrected chi connectivity index (χ1v) is 5.78. The third-order valence-corrected chi connectivity index (χ3v) is 2.16. The van der Waals surface area contributed by atoms with Gasteiger partial charge in [0.15, 0.2) is 5.75 Å². The van der Waals surface area contributed by atoms with Gasteiger partial charge in [-0.15, -0.1) is 0 Å². The van der Waals surface area contributed by atoms with Gasteiger partial charge in [0.2, 0.25) is 0 Å². The molecule has 1 aromatic heterocycles. The van der Waals surface area contributed by atoms with Crippen LogP contribution < -0.4 is 10.3 Å². The third kappa shape index (κ3) is 4.52. The van der Waals surface area contributed by atoms with Crippen molar-refractivity contribution in [2.75, 3.05) is 0 Å². The Balaban J connectivity index is 3.15. The molecule has 0 saturated heterocycles. The number of H-pyrrole nitrogens is 1. The number of aromatic nitrogens is 2. The summed E-state index contributed by atoms with van der Waals surface area (Å²) in [6, 6.07) is 1.48. The summed E-state index contributed by atoms with van der Waals surface area (Å²) >= 11 is 0. The lowest BCUT2D eigenvalue weighted by molar-refractivity contribution is -0.128. The van der Waals surface area contributed by atoms with E-state index in [4.69, 9.17) is 9.84 Å². The molecule has 7 nitrogen and oxygen atoms in total. The first-order valence-electron chi connectivity index (χ1n) is 5.78. The number of aromatic amines is 1. The van der Waals surface area contributed by atoms with Gasteiger partial charge in [-0.25, -0.2) is 9.89 Å². The minimum atomic E-state index is -1.17. The predicted molar refractivity (Wildman–Crippen MR) is 73.9 cm³/mol. The van der Waals surface area contributed by atoms with Crippen LogP contribution in [0.3, 0.4) is 0 Å². The minimum Gasteiger partial charge on any atom is -0.477 e. The molecule has 0 bridgehead atoms. The Morgan fingerprint density at radius 3 is 2.85 bits per heavy atom. The molecule has 1 aromatic rings. The quantitative estimate of drug-likeness (QED) is 0.481. The summed E-state index contributed by atoms with van der Waals surface area (Å²) in [5.74, 6) is -0.821. The van der Waals surface area contributed by atoms with E-state index in [1.807, 2.05) is 0 Å². The van der Waals surface area contributed by atoms with Crippen molar-refractivity contribution in [3.8, 4) is 5.75 Å². The molecule has 0 aliphatic carbocycles. The van der Waals surface area contributed by atoms with Crippen LogP contribution >= 0.6 is 0 Å². The minimum absolute atomic E-state index is 0.0653. The average Bonchev–Trinajstić information content (AvgIpc) is 2.39. The molecule has 0 unspecified atom stereocenters. The Kier molecular flexibility index (Phi) is 5.40. The second kappa shape index (κ2) is 7.03. The summed E-state index contributed by atoms with van der Waals surface area (Å²) in [5.41, 5.74) is 0.443. The zero-order valence-electron chi connectivity index (χ0n) is 11.4. The van der Waals surface area contributed by atoms with E-state index in [-0.39, 0.29) is 11.5 Å². The smallest absolute Gasteiger partial charge is 0.346 e. The van der Waals surface area contributed by atoms with E-state index in [0.717, 1.165) is 6.21 Å². The highest BCUT2D eigenvalue weighted by molar-refractivity contribution is 6.22. The zero-order valence-corrected chi connectivity index (χ0v) is 11.4. The van der Waals surface area contributed by atoms with Crippen molar-refractivity contribution < 1.29 is 14.6 Å². The molecule has 0 radical (unpaired) electrons. The molecule has 0 saturated carbocycles. The first-order chi connectivity index (χ1) is 9.43. The Hall–Kier alpha value is -2.70. The lowest BCUT2D eigenvalue weighted by Gasteiger charge is -2.07. The molecule has 0 fully saturated rings. The van der Waals surface area contributed by atoms with Crippen molar-refractivity contribution in [2.45, 2.75) is 20.8 Å². The number of nitrogens with zero attached hydrogens (tertiary/aromatic N) is 2. The van der Waals surface area contributed by atoms with Gasteiger partial charge in [-0.3, -0.25) is 9.79 Å². The monoisotopic (exact) mass is 277 g/mol. The molecule has 0 aliphatic heterocycles. The number of rotatable bonds is 5. The average molecular weight is 277 g/mol. The molecule has 0 spiro atoms. The highest BCUT2D eigenvalue weighted by atomic mass is 16.5. The van der Waals surface area contributed by atoms with Gasteiger partial charge >= 0.3 is 11.5 Å². The molecule has 0 aliphatic rings. The zero-order chi connectivity index (χ0) is 15.1. The molecular formula is C13H15N3O4. The van der Waals surface area contributed by atoms with Gasteiger partial charge in [0.1, 0.15) is 12.0 Å². The van der Waals surface area contributed by atoms with Gasteiger partial charge in [-0.2, -0.15) is 5.10 Å². The summed E-state index contributed by atoms with van der Waals surface area (Å²) in [4.78, 5) is 25.8. The van der Waals surface area contributed by atoms with Crippen LogP contribution in [-0.4, -0.2) is 27.5 Å². The van der Waals surface area contributed by atoms with Crippen LogP contribution in [0.2, 0.25) is 0 Å². The van der Waals surface area contributed by atoms with Crippen LogP contribution in [-0.2, 0) is 4.79 Å². The van der Waals surface area contributed by atoms with Crippen LogP contribution in [0.4, 0.5) is 0 Å². The highest BCUT2D eigenvalue weighted by Gasteiger charge is 2.07. The highest BCUT2D eigenvalue weighted by Crippen LogP contribution is 2.13. The van der Waals surface area contributed by atoms with E-state index in [1.165, 1.54) is 6.07 Å². The number of ether oxygens (including phenoxy) is 1. The van der Waals surface area contributed by atoms with E-state index >= 15 is 0 Å². The summed E-state index contributed by atoms with van der Waals surface area (Å²) in [7, 11) is 0. The van der Waals surface area contributed by atoms with Gasteiger partial charge in [-0.1, -0.05) is 6.08 Å². The molecule has 106 valence electrons. The van der Waals surface area contributed by atoms with Crippen LogP contribution in [0.5, 0.6) is 5.75 Å². The number of carboxylic acids is 1. The molecule has 0 aromatic carbocycles. The van der Waals surface area contributed by atoms with E-state index in [0.29, 0.717) is 11.4 Å². The summed E-state index contributed by atoms with van der Waals surface area (Å²) < 4.78 is 5.46. The molecular weight excluding hydrogens is 262 g/mol. The SMILES string of the molecule is C\C=C/C(Oc1cc(C)n[nH]c1=O)=C(C)\N=C\C(=O)O. The van der Waals surface area contributed by atoms with Crippen LogP contribution in [0.1, 0.15) is 19.5 Å². The molecule has 0 atom stereocenters. The maximum Gasteiger partial charge on any atom is 0.346 e. The Bertz CT molecular complexity index is 641. The van der Waals surface area contributed by atoms with Crippen molar-refractivity contribution in [3.63, 3.8) is 0 Å². The lowest BCUT2D eigenvalue weighted by Crippen LogP contribution is -2.13. The number of allylic oxidation sites excluding steroid dienone is 3. The molecule has 7 heteroatoms.